The molecule has 3 heterocycles. The average Bonchev–Trinajstić information content (AvgIpc) is 3.47. The number of carboxylic acid groups (broad SMARTS) is 1. The first-order valence-corrected chi connectivity index (χ1v) is 12.5. The molecule has 2 aromatic heterocycles. The van der Waals surface area contributed by atoms with E-state index in [2.05, 4.69) is 27.0 Å². The summed E-state index contributed by atoms with van der Waals surface area (Å²) in [5.41, 5.74) is 4.11. The van der Waals surface area contributed by atoms with Crippen molar-refractivity contribution in [2.75, 3.05) is 32.8 Å². The number of hydrogen-bond acceptors (Lipinski definition) is 6. The number of aromatic carboxylic acids is 1. The molecule has 7 nitrogen and oxygen atoms in total. The second-order valence-electron chi connectivity index (χ2n) is 8.34. The van der Waals surface area contributed by atoms with Crippen LogP contribution in [0.2, 0.25) is 5.02 Å². The maximum absolute atomic E-state index is 11.9. The minimum absolute atomic E-state index is 0.179. The molecule has 0 saturated carbocycles. The zero-order chi connectivity index (χ0) is 23.5. The van der Waals surface area contributed by atoms with Gasteiger partial charge in [0.2, 0.25) is 0 Å². The molecule has 1 aliphatic heterocycles. The monoisotopic (exact) mass is 496 g/mol. The molecule has 0 atom stereocenters. The third kappa shape index (κ3) is 5.00. The number of thiazole rings is 1. The molecule has 1 aliphatic rings. The Hall–Kier alpha value is -2.78. The van der Waals surface area contributed by atoms with E-state index in [0.717, 1.165) is 74.5 Å². The normalized spacial score (nSPS) is 14.6. The fourth-order valence-corrected chi connectivity index (χ4v) is 5.34. The van der Waals surface area contributed by atoms with E-state index in [1.54, 1.807) is 24.5 Å². The number of halogens is 1. The van der Waals surface area contributed by atoms with Crippen molar-refractivity contribution in [1.82, 2.24) is 19.4 Å². The van der Waals surface area contributed by atoms with Crippen molar-refractivity contribution in [2.24, 2.45) is 0 Å². The summed E-state index contributed by atoms with van der Waals surface area (Å²) in [6, 6.07) is 13.4. The molecule has 0 amide bonds. The van der Waals surface area contributed by atoms with Crippen molar-refractivity contribution in [3.63, 3.8) is 0 Å². The molecule has 9 heteroatoms. The standard InChI is InChI=1S/C25H25ClN4O3S/c26-19-6-3-5-18(15-19)22-23(24(31)32)34-25(28-22)30-16-27-20-8-7-17(14-21(20)30)4-1-2-9-29-10-12-33-13-11-29/h3,5-8,14-16H,1-2,4,9-13H2,(H,31,32). The lowest BCUT2D eigenvalue weighted by molar-refractivity contribution is 0.0372. The largest absolute Gasteiger partial charge is 0.477 e. The van der Waals surface area contributed by atoms with Crippen LogP contribution in [0, 0.1) is 0 Å². The topological polar surface area (TPSA) is 80.5 Å². The first-order valence-electron chi connectivity index (χ1n) is 11.3. The van der Waals surface area contributed by atoms with Gasteiger partial charge in [-0.15, -0.1) is 0 Å². The molecule has 5 rings (SSSR count). The van der Waals surface area contributed by atoms with Crippen LogP contribution in [-0.2, 0) is 11.2 Å². The van der Waals surface area contributed by atoms with Crippen LogP contribution in [0.4, 0.5) is 0 Å². The van der Waals surface area contributed by atoms with Crippen molar-refractivity contribution in [1.29, 1.82) is 0 Å². The van der Waals surface area contributed by atoms with Crippen molar-refractivity contribution >= 4 is 39.9 Å². The number of fused-ring (bicyclic) bond motifs is 1. The Kier molecular flexibility index (Phi) is 6.92. The third-order valence-electron chi connectivity index (χ3n) is 6.02. The van der Waals surface area contributed by atoms with Gasteiger partial charge in [-0.05, 0) is 55.6 Å². The molecule has 0 bridgehead atoms. The van der Waals surface area contributed by atoms with Crippen LogP contribution < -0.4 is 0 Å². The third-order valence-corrected chi connectivity index (χ3v) is 7.30. The second-order valence-corrected chi connectivity index (χ2v) is 9.75. The highest BCUT2D eigenvalue weighted by Crippen LogP contribution is 2.33. The van der Waals surface area contributed by atoms with Gasteiger partial charge >= 0.3 is 5.97 Å². The van der Waals surface area contributed by atoms with Crippen LogP contribution in [0.15, 0.2) is 48.8 Å². The number of aryl methyl sites for hydroxylation is 1. The Balaban J connectivity index is 1.37. The zero-order valence-corrected chi connectivity index (χ0v) is 20.2. The maximum atomic E-state index is 11.9. The summed E-state index contributed by atoms with van der Waals surface area (Å²) in [7, 11) is 0. The Morgan fingerprint density at radius 1 is 1.15 bits per heavy atom. The lowest BCUT2D eigenvalue weighted by Crippen LogP contribution is -2.36. The number of nitrogens with zero attached hydrogens (tertiary/aromatic N) is 4. The molecule has 34 heavy (non-hydrogen) atoms. The van der Waals surface area contributed by atoms with Gasteiger partial charge in [-0.1, -0.05) is 41.1 Å². The van der Waals surface area contributed by atoms with Crippen LogP contribution >= 0.6 is 22.9 Å². The quantitative estimate of drug-likeness (QED) is 0.339. The number of carboxylic acids is 1. The van der Waals surface area contributed by atoms with Gasteiger partial charge in [-0.25, -0.2) is 14.8 Å². The number of carbonyl (C=O) groups is 1. The van der Waals surface area contributed by atoms with Crippen molar-refractivity contribution in [2.45, 2.75) is 19.3 Å². The highest BCUT2D eigenvalue weighted by Gasteiger charge is 2.21. The molecule has 176 valence electrons. The van der Waals surface area contributed by atoms with E-state index in [1.165, 1.54) is 5.56 Å². The fourth-order valence-electron chi connectivity index (χ4n) is 4.24. The number of benzene rings is 2. The molecule has 0 aliphatic carbocycles. The molecular weight excluding hydrogens is 472 g/mol. The van der Waals surface area contributed by atoms with Crippen LogP contribution in [0.25, 0.3) is 27.4 Å². The number of unbranched alkanes of at least 4 members (excludes halogenated alkanes) is 1. The van der Waals surface area contributed by atoms with Gasteiger partial charge in [0.25, 0.3) is 0 Å². The van der Waals surface area contributed by atoms with E-state index in [4.69, 9.17) is 16.3 Å². The van der Waals surface area contributed by atoms with Crippen molar-refractivity contribution in [3.05, 3.63) is 64.3 Å². The molecule has 1 fully saturated rings. The summed E-state index contributed by atoms with van der Waals surface area (Å²) in [6.45, 7) is 4.82. The molecular formula is C25H25ClN4O3S. The number of ether oxygens (including phenoxy) is 1. The van der Waals surface area contributed by atoms with Crippen molar-refractivity contribution in [3.8, 4) is 16.4 Å². The van der Waals surface area contributed by atoms with Gasteiger partial charge in [-0.3, -0.25) is 9.47 Å². The Bertz CT molecular complexity index is 1310. The minimum atomic E-state index is -1.01. The molecule has 1 N–H and O–H groups in total. The predicted molar refractivity (Wildman–Crippen MR) is 134 cm³/mol. The maximum Gasteiger partial charge on any atom is 0.348 e. The first-order chi connectivity index (χ1) is 16.6. The van der Waals surface area contributed by atoms with E-state index in [9.17, 15) is 9.90 Å². The van der Waals surface area contributed by atoms with Crippen LogP contribution in [0.5, 0.6) is 0 Å². The van der Waals surface area contributed by atoms with Crippen molar-refractivity contribution < 1.29 is 14.6 Å². The SMILES string of the molecule is O=C(O)c1sc(-n2cnc3ccc(CCCCN4CCOCC4)cc32)nc1-c1cccc(Cl)c1. The Morgan fingerprint density at radius 3 is 2.79 bits per heavy atom. The smallest absolute Gasteiger partial charge is 0.348 e. The summed E-state index contributed by atoms with van der Waals surface area (Å²) in [5, 5.41) is 10.9. The number of rotatable bonds is 8. The lowest BCUT2D eigenvalue weighted by Gasteiger charge is -2.26. The fraction of sp³-hybridized carbons (Fsp3) is 0.320. The molecule has 0 unspecified atom stereocenters. The molecule has 2 aromatic carbocycles. The van der Waals surface area contributed by atoms with Gasteiger partial charge in [0.1, 0.15) is 11.2 Å². The highest BCUT2D eigenvalue weighted by molar-refractivity contribution is 7.16. The average molecular weight is 497 g/mol. The van der Waals surface area contributed by atoms with Gasteiger partial charge < -0.3 is 9.84 Å². The Morgan fingerprint density at radius 2 is 2.00 bits per heavy atom. The van der Waals surface area contributed by atoms with Crippen LogP contribution in [0.1, 0.15) is 28.1 Å². The van der Waals surface area contributed by atoms with E-state index >= 15 is 0 Å². The Labute approximate surface area is 206 Å². The molecule has 4 aromatic rings. The number of aromatic nitrogens is 3. The number of morpholine rings is 1. The zero-order valence-electron chi connectivity index (χ0n) is 18.6. The molecule has 0 spiro atoms. The summed E-state index contributed by atoms with van der Waals surface area (Å²) in [6.07, 6.45) is 4.95. The molecule has 0 radical (unpaired) electrons. The van der Waals surface area contributed by atoms with Crippen LogP contribution in [0.3, 0.4) is 0 Å². The molecule has 1 saturated heterocycles. The van der Waals surface area contributed by atoms with Gasteiger partial charge in [0.05, 0.1) is 29.9 Å². The van der Waals surface area contributed by atoms with E-state index in [0.29, 0.717) is 21.4 Å². The second kappa shape index (κ2) is 10.2. The van der Waals surface area contributed by atoms with E-state index in [-0.39, 0.29) is 4.88 Å². The summed E-state index contributed by atoms with van der Waals surface area (Å²) < 4.78 is 7.29. The van der Waals surface area contributed by atoms with E-state index in [1.807, 2.05) is 16.7 Å². The van der Waals surface area contributed by atoms with Gasteiger partial charge in [-0.2, -0.15) is 0 Å². The van der Waals surface area contributed by atoms with Crippen LogP contribution in [-0.4, -0.2) is 63.4 Å². The minimum Gasteiger partial charge on any atom is -0.477 e. The first kappa shape index (κ1) is 23.0. The number of hydrogen-bond donors (Lipinski definition) is 1. The number of imidazole rings is 1. The van der Waals surface area contributed by atoms with Gasteiger partial charge in [0.15, 0.2) is 5.13 Å². The predicted octanol–water partition coefficient (Wildman–Crippen LogP) is 5.16. The van der Waals surface area contributed by atoms with Gasteiger partial charge in [0, 0.05) is 23.7 Å². The highest BCUT2D eigenvalue weighted by atomic mass is 35.5. The van der Waals surface area contributed by atoms with E-state index < -0.39 is 5.97 Å². The summed E-state index contributed by atoms with van der Waals surface area (Å²) in [5.74, 6) is -1.01. The summed E-state index contributed by atoms with van der Waals surface area (Å²) in [4.78, 5) is 23.8. The summed E-state index contributed by atoms with van der Waals surface area (Å²) >= 11 is 7.27. The lowest BCUT2D eigenvalue weighted by atomic mass is 10.1.